The number of hydrogen-bond donors (Lipinski definition) is 0. The molecule has 0 amide bonds. The van der Waals surface area contributed by atoms with Gasteiger partial charge in [0.05, 0.1) is 22.4 Å². The van der Waals surface area contributed by atoms with Gasteiger partial charge in [-0.2, -0.15) is 0 Å². The molecule has 0 N–H and O–H groups in total. The van der Waals surface area contributed by atoms with Gasteiger partial charge in [-0.15, -0.1) is 0 Å². The zero-order valence-corrected chi connectivity index (χ0v) is 82.4. The summed E-state index contributed by atoms with van der Waals surface area (Å²) in [7, 11) is 0. The highest BCUT2D eigenvalue weighted by Crippen LogP contribution is 2.53. The fourth-order valence-corrected chi connectivity index (χ4v) is 24.5. The van der Waals surface area contributed by atoms with Crippen molar-refractivity contribution in [1.29, 1.82) is 0 Å². The second-order valence-corrected chi connectivity index (χ2v) is 42.0. The highest BCUT2D eigenvalue weighted by atomic mass is 16.3. The molecule has 148 heavy (non-hydrogen) atoms. The van der Waals surface area contributed by atoms with E-state index in [4.69, 9.17) is 14.4 Å². The first-order chi connectivity index (χ1) is 72.7. The molecule has 0 atom stereocenters. The molecule has 0 aliphatic carbocycles. The first kappa shape index (κ1) is 86.1. The standard InChI is InChI=1S/C142H95N5O/c1-141(2,3)107-73-102-50-58-115-122(80-125(118-60-51-103(74-107)135(102)138(115)118)98-20-13-19-97(72-98)110-26-15-27-120-113-25-7-9-30-133(113)148-140(110)120)93-43-45-94(46-44-93)130-71-85(63-70-146-130)83-142(4,5)108-75-104-52-59-116-123(92-41-37-89(38-42-92)106-22-16-66-144-84-106)81-126(119-61-53-105(76-108)136(104)139(116)119)99-21-14-23-109(77-99)147-131-29-8-6-24-112(131)128-79-101(54-62-132(128)147)121-78-100(49-55-111(121)129-28-10-11-67-145-129)127-82-124(114-56-47-95-17-12-18-96-48-57-117(127)137(114)134(95)96)91-39-35-87(36-40-91)86-31-33-88(34-32-86)90-64-68-143-69-65-90/h6-82,84H,83H2,1-5H3. The third-order valence-corrected chi connectivity index (χ3v) is 31.9. The maximum atomic E-state index is 6.66. The van der Waals surface area contributed by atoms with Crippen LogP contribution in [-0.4, -0.2) is 24.5 Å². The fourth-order valence-electron chi connectivity index (χ4n) is 24.5. The molecule has 0 aliphatic rings. The molecule has 6 nitrogen and oxygen atoms in total. The molecule has 0 aliphatic heterocycles. The van der Waals surface area contributed by atoms with Crippen LogP contribution in [-0.2, 0) is 17.3 Å². The molecule has 29 rings (SSSR count). The molecule has 0 fully saturated rings. The number of hydrogen-bond acceptors (Lipinski definition) is 5. The number of para-hydroxylation sites is 3. The summed E-state index contributed by atoms with van der Waals surface area (Å²) in [5.41, 5.74) is 38.0. The summed E-state index contributed by atoms with van der Waals surface area (Å²) in [6, 6.07) is 164. The van der Waals surface area contributed by atoms with Gasteiger partial charge >= 0.3 is 0 Å². The van der Waals surface area contributed by atoms with Crippen molar-refractivity contribution in [1.82, 2.24) is 24.5 Å². The van der Waals surface area contributed by atoms with Crippen LogP contribution < -0.4 is 0 Å². The number of benzene rings is 23. The van der Waals surface area contributed by atoms with E-state index in [9.17, 15) is 0 Å². The van der Waals surface area contributed by atoms with E-state index in [2.05, 4.69) is 468 Å². The maximum absolute atomic E-state index is 6.66. The summed E-state index contributed by atoms with van der Waals surface area (Å²) in [5.74, 6) is 0. The second kappa shape index (κ2) is 33.8. The molecule has 23 aromatic carbocycles. The Kier molecular flexibility index (Phi) is 19.6. The average molecular weight is 1890 g/mol. The Morgan fingerprint density at radius 3 is 1.25 bits per heavy atom. The molecule has 0 saturated carbocycles. The Morgan fingerprint density at radius 1 is 0.223 bits per heavy atom. The van der Waals surface area contributed by atoms with E-state index in [-0.39, 0.29) is 10.8 Å². The second-order valence-electron chi connectivity index (χ2n) is 42.0. The highest BCUT2D eigenvalue weighted by molar-refractivity contribution is 6.32. The average Bonchev–Trinajstić information content (AvgIpc) is 0.903. The van der Waals surface area contributed by atoms with Gasteiger partial charge in [-0.25, -0.2) is 0 Å². The third kappa shape index (κ3) is 14.2. The largest absolute Gasteiger partial charge is 0.455 e. The van der Waals surface area contributed by atoms with E-state index in [0.717, 1.165) is 140 Å². The molecule has 6 heterocycles. The molecule has 694 valence electrons. The monoisotopic (exact) mass is 1890 g/mol. The molecule has 0 radical (unpaired) electrons. The normalized spacial score (nSPS) is 12.2. The number of rotatable bonds is 17. The van der Waals surface area contributed by atoms with Gasteiger partial charge in [0.25, 0.3) is 0 Å². The van der Waals surface area contributed by atoms with Crippen LogP contribution in [0.1, 0.15) is 51.3 Å². The molecule has 0 unspecified atom stereocenters. The summed E-state index contributed by atoms with van der Waals surface area (Å²) in [4.78, 5) is 19.0. The van der Waals surface area contributed by atoms with Crippen LogP contribution in [0, 0.1) is 0 Å². The summed E-state index contributed by atoms with van der Waals surface area (Å²) in [6.45, 7) is 11.8. The van der Waals surface area contributed by atoms with Crippen molar-refractivity contribution < 1.29 is 4.42 Å². The van der Waals surface area contributed by atoms with Crippen LogP contribution in [0.4, 0.5) is 0 Å². The molecular formula is C142H95N5O. The molecular weight excluding hydrogens is 1790 g/mol. The van der Waals surface area contributed by atoms with E-state index in [1.54, 1.807) is 0 Å². The summed E-state index contributed by atoms with van der Waals surface area (Å²) >= 11 is 0. The summed E-state index contributed by atoms with van der Waals surface area (Å²) in [6.07, 6.45) is 12.2. The lowest BCUT2D eigenvalue weighted by molar-refractivity contribution is 0.523. The first-order valence-corrected chi connectivity index (χ1v) is 51.3. The Hall–Kier alpha value is -18.6. The molecule has 0 bridgehead atoms. The number of nitrogens with zero attached hydrogens (tertiary/aromatic N) is 5. The van der Waals surface area contributed by atoms with Crippen LogP contribution in [0.5, 0.6) is 0 Å². The molecule has 29 aromatic rings. The summed E-state index contributed by atoms with van der Waals surface area (Å²) in [5, 5.41) is 27.1. The quantitative estimate of drug-likeness (QED) is 0.0850. The predicted molar refractivity (Wildman–Crippen MR) is 623 cm³/mol. The number of furan rings is 1. The van der Waals surface area contributed by atoms with Crippen molar-refractivity contribution in [3.8, 4) is 151 Å². The minimum Gasteiger partial charge on any atom is -0.455 e. The van der Waals surface area contributed by atoms with Gasteiger partial charge in [0.15, 0.2) is 0 Å². The van der Waals surface area contributed by atoms with Crippen molar-refractivity contribution in [2.75, 3.05) is 0 Å². The third-order valence-electron chi connectivity index (χ3n) is 31.9. The van der Waals surface area contributed by atoms with E-state index in [1.807, 2.05) is 55.4 Å². The minimum atomic E-state index is -0.283. The molecule has 0 saturated heterocycles. The Labute approximate surface area is 856 Å². The Balaban J connectivity index is 0.509. The van der Waals surface area contributed by atoms with E-state index >= 15 is 0 Å². The molecule has 6 heteroatoms. The van der Waals surface area contributed by atoms with Gasteiger partial charge in [0.2, 0.25) is 0 Å². The van der Waals surface area contributed by atoms with Crippen molar-refractivity contribution >= 4 is 141 Å². The van der Waals surface area contributed by atoms with Gasteiger partial charge in [0, 0.05) is 81.1 Å². The Morgan fingerprint density at radius 2 is 0.669 bits per heavy atom. The van der Waals surface area contributed by atoms with Crippen LogP contribution in [0.15, 0.2) is 478 Å². The Bertz CT molecular complexity index is 10400. The minimum absolute atomic E-state index is 0.0139. The lowest BCUT2D eigenvalue weighted by Gasteiger charge is -2.27. The lowest BCUT2D eigenvalue weighted by Crippen LogP contribution is -2.20. The van der Waals surface area contributed by atoms with Crippen molar-refractivity contribution in [2.24, 2.45) is 0 Å². The van der Waals surface area contributed by atoms with Gasteiger partial charge in [-0.1, -0.05) is 362 Å². The zero-order valence-electron chi connectivity index (χ0n) is 82.4. The van der Waals surface area contributed by atoms with Crippen molar-refractivity contribution in [2.45, 2.75) is 51.9 Å². The van der Waals surface area contributed by atoms with E-state index in [0.29, 0.717) is 0 Å². The molecule has 6 aromatic heterocycles. The van der Waals surface area contributed by atoms with Gasteiger partial charge in [-0.3, -0.25) is 19.9 Å². The van der Waals surface area contributed by atoms with Crippen molar-refractivity contribution in [3.05, 3.63) is 491 Å². The van der Waals surface area contributed by atoms with Gasteiger partial charge in [0.1, 0.15) is 11.2 Å². The number of pyridine rings is 4. The van der Waals surface area contributed by atoms with Crippen LogP contribution in [0.2, 0.25) is 0 Å². The summed E-state index contributed by atoms with van der Waals surface area (Å²) < 4.78 is 9.14. The SMILES string of the molecule is CC(C)(C)c1cc2ccc3c(-c4ccc(-c5cc(CC(C)(C)c6cc7ccc8c(-c9ccc(-c%10cccnc%10)cc9)cc(-c9cccc(-n%10c%11ccccc%11c%11cc(-c%12cc(-c%13cc(-c%14ccc(-c%15ccc(-c%16ccncc%16)cc%15)cc%14)c%14ccc%15cccc%16ccc%13c%14c%15%16)ccc%12-c%12ccccn%12)ccc%11%10)c9)c9ccc(c6)c7c89)ccn5)cc4)cc(-c4cccc(-c5cccc6c5oc5ccccc56)c4)c4ccc(c1)c2c34. The molecule has 0 spiro atoms. The van der Waals surface area contributed by atoms with Crippen LogP contribution in [0.25, 0.3) is 291 Å². The van der Waals surface area contributed by atoms with Gasteiger partial charge < -0.3 is 8.98 Å². The predicted octanol–water partition coefficient (Wildman–Crippen LogP) is 38.4. The number of fused-ring (bicyclic) bond motifs is 6. The fraction of sp³-hybridized carbons (Fsp3) is 0.0563. The van der Waals surface area contributed by atoms with Crippen LogP contribution >= 0.6 is 0 Å². The van der Waals surface area contributed by atoms with E-state index in [1.165, 1.54) is 174 Å². The first-order valence-electron chi connectivity index (χ1n) is 51.3. The van der Waals surface area contributed by atoms with E-state index < -0.39 is 0 Å². The van der Waals surface area contributed by atoms with Crippen LogP contribution in [0.3, 0.4) is 0 Å². The van der Waals surface area contributed by atoms with Gasteiger partial charge in [-0.05, 0) is 357 Å². The zero-order chi connectivity index (χ0) is 98.3. The van der Waals surface area contributed by atoms with Crippen molar-refractivity contribution in [3.63, 3.8) is 0 Å². The lowest BCUT2D eigenvalue weighted by atomic mass is 9.77. The maximum Gasteiger partial charge on any atom is 0.143 e. The highest BCUT2D eigenvalue weighted by Gasteiger charge is 2.30. The smallest absolute Gasteiger partial charge is 0.143 e. The topological polar surface area (TPSA) is 69.6 Å². The number of aromatic nitrogens is 5.